The Kier molecular flexibility index (Phi) is 5.99. The highest BCUT2D eigenvalue weighted by Crippen LogP contribution is 2.23. The molecule has 2 atom stereocenters. The van der Waals surface area contributed by atoms with E-state index in [4.69, 9.17) is 17.0 Å². The summed E-state index contributed by atoms with van der Waals surface area (Å²) in [6, 6.07) is 8.17. The number of benzene rings is 1. The summed E-state index contributed by atoms with van der Waals surface area (Å²) in [5.74, 6) is 1.51. The average molecular weight is 305 g/mol. The first kappa shape index (κ1) is 15.8. The highest BCUT2D eigenvalue weighted by molar-refractivity contribution is 7.80. The molecular weight excluding hydrogens is 282 g/mol. The standard InChI is InChI=1S/C16H23N3OS/c1-12-5-3-4-6-15(12)18-16(21)19-17-11-13-7-9-14(20-2)10-8-13/h7-12,15H,3-6H2,1-2H3,(H2,18,19,21)/b17-11-/t12-,15-/m1/s1. The second-order valence-electron chi connectivity index (χ2n) is 5.48. The summed E-state index contributed by atoms with van der Waals surface area (Å²) in [5.41, 5.74) is 3.88. The number of nitrogens with zero attached hydrogens (tertiary/aromatic N) is 1. The summed E-state index contributed by atoms with van der Waals surface area (Å²) in [4.78, 5) is 0. The first-order chi connectivity index (χ1) is 10.2. The minimum atomic E-state index is 0.468. The normalized spacial score (nSPS) is 22.0. The summed E-state index contributed by atoms with van der Waals surface area (Å²) < 4.78 is 5.12. The van der Waals surface area contributed by atoms with E-state index in [1.807, 2.05) is 24.3 Å². The number of hydrazone groups is 1. The van der Waals surface area contributed by atoms with Gasteiger partial charge in [0.15, 0.2) is 5.11 Å². The lowest BCUT2D eigenvalue weighted by atomic mass is 9.86. The molecule has 0 bridgehead atoms. The third kappa shape index (κ3) is 5.01. The van der Waals surface area contributed by atoms with E-state index in [9.17, 15) is 0 Å². The number of thiocarbonyl (C=S) groups is 1. The van der Waals surface area contributed by atoms with Crippen LogP contribution in [0, 0.1) is 5.92 Å². The average Bonchev–Trinajstić information content (AvgIpc) is 2.50. The van der Waals surface area contributed by atoms with Crippen LogP contribution >= 0.6 is 12.2 Å². The fourth-order valence-corrected chi connectivity index (χ4v) is 2.79. The minimum Gasteiger partial charge on any atom is -0.497 e. The van der Waals surface area contributed by atoms with E-state index < -0.39 is 0 Å². The molecule has 114 valence electrons. The van der Waals surface area contributed by atoms with Crippen LogP contribution in [0.1, 0.15) is 38.2 Å². The summed E-state index contributed by atoms with van der Waals surface area (Å²) >= 11 is 5.29. The summed E-state index contributed by atoms with van der Waals surface area (Å²) in [6.45, 7) is 2.28. The Hall–Kier alpha value is -1.62. The molecule has 2 rings (SSSR count). The third-order valence-electron chi connectivity index (χ3n) is 3.92. The lowest BCUT2D eigenvalue weighted by Gasteiger charge is -2.30. The van der Waals surface area contributed by atoms with Crippen molar-refractivity contribution in [2.45, 2.75) is 38.6 Å². The van der Waals surface area contributed by atoms with Gasteiger partial charge in [-0.2, -0.15) is 5.10 Å². The third-order valence-corrected chi connectivity index (χ3v) is 4.13. The molecule has 4 nitrogen and oxygen atoms in total. The molecule has 1 aromatic carbocycles. The highest BCUT2D eigenvalue weighted by Gasteiger charge is 2.21. The zero-order valence-electron chi connectivity index (χ0n) is 12.6. The van der Waals surface area contributed by atoms with Crippen LogP contribution in [0.25, 0.3) is 0 Å². The molecule has 1 aliphatic carbocycles. The Morgan fingerprint density at radius 3 is 2.67 bits per heavy atom. The number of ether oxygens (including phenoxy) is 1. The maximum absolute atomic E-state index is 5.29. The molecular formula is C16H23N3OS. The van der Waals surface area contributed by atoms with Gasteiger partial charge in [-0.15, -0.1) is 0 Å². The first-order valence-corrected chi connectivity index (χ1v) is 7.83. The van der Waals surface area contributed by atoms with Crippen molar-refractivity contribution in [3.05, 3.63) is 29.8 Å². The number of methoxy groups -OCH3 is 1. The van der Waals surface area contributed by atoms with Gasteiger partial charge in [-0.3, -0.25) is 5.43 Å². The molecule has 0 spiro atoms. The molecule has 0 saturated heterocycles. The van der Waals surface area contributed by atoms with Crippen molar-refractivity contribution in [2.75, 3.05) is 7.11 Å². The number of hydrogen-bond acceptors (Lipinski definition) is 3. The van der Waals surface area contributed by atoms with Gasteiger partial charge < -0.3 is 10.1 Å². The van der Waals surface area contributed by atoms with E-state index in [0.29, 0.717) is 17.1 Å². The maximum Gasteiger partial charge on any atom is 0.187 e. The quantitative estimate of drug-likeness (QED) is 0.510. The van der Waals surface area contributed by atoms with Gasteiger partial charge in [-0.05, 0) is 60.8 Å². The highest BCUT2D eigenvalue weighted by atomic mass is 32.1. The predicted molar refractivity (Wildman–Crippen MR) is 90.9 cm³/mol. The number of hydrogen-bond donors (Lipinski definition) is 2. The molecule has 0 amide bonds. The van der Waals surface area contributed by atoms with Crippen LogP contribution in [0.5, 0.6) is 5.75 Å². The van der Waals surface area contributed by atoms with Crippen molar-refractivity contribution in [3.63, 3.8) is 0 Å². The van der Waals surface area contributed by atoms with E-state index in [0.717, 1.165) is 11.3 Å². The van der Waals surface area contributed by atoms with Crippen LogP contribution in [-0.4, -0.2) is 24.5 Å². The molecule has 2 N–H and O–H groups in total. The van der Waals surface area contributed by atoms with Gasteiger partial charge in [0, 0.05) is 6.04 Å². The summed E-state index contributed by atoms with van der Waals surface area (Å²) in [6.07, 6.45) is 6.81. The maximum atomic E-state index is 5.29. The molecule has 0 aromatic heterocycles. The van der Waals surface area contributed by atoms with Gasteiger partial charge in [0.2, 0.25) is 0 Å². The molecule has 1 fully saturated rings. The van der Waals surface area contributed by atoms with Crippen LogP contribution in [-0.2, 0) is 0 Å². The van der Waals surface area contributed by atoms with E-state index >= 15 is 0 Å². The molecule has 0 unspecified atom stereocenters. The Morgan fingerprint density at radius 1 is 1.29 bits per heavy atom. The fourth-order valence-electron chi connectivity index (χ4n) is 2.59. The van der Waals surface area contributed by atoms with Crippen molar-refractivity contribution >= 4 is 23.5 Å². The van der Waals surface area contributed by atoms with Crippen LogP contribution in [0.3, 0.4) is 0 Å². The molecule has 0 aliphatic heterocycles. The van der Waals surface area contributed by atoms with Gasteiger partial charge in [0.05, 0.1) is 13.3 Å². The van der Waals surface area contributed by atoms with Gasteiger partial charge in [-0.1, -0.05) is 19.8 Å². The molecule has 0 heterocycles. The van der Waals surface area contributed by atoms with Crippen molar-refractivity contribution < 1.29 is 4.74 Å². The smallest absolute Gasteiger partial charge is 0.187 e. The largest absolute Gasteiger partial charge is 0.497 e. The lowest BCUT2D eigenvalue weighted by molar-refractivity contribution is 0.308. The number of nitrogens with one attached hydrogen (secondary N) is 2. The van der Waals surface area contributed by atoms with E-state index in [-0.39, 0.29) is 0 Å². The van der Waals surface area contributed by atoms with E-state index in [2.05, 4.69) is 22.8 Å². The van der Waals surface area contributed by atoms with Crippen molar-refractivity contribution in [1.82, 2.24) is 10.7 Å². The van der Waals surface area contributed by atoms with Crippen LogP contribution < -0.4 is 15.5 Å². The summed E-state index contributed by atoms with van der Waals surface area (Å²) in [7, 11) is 1.65. The second kappa shape index (κ2) is 7.98. The van der Waals surface area contributed by atoms with Crippen LogP contribution in [0.15, 0.2) is 29.4 Å². The van der Waals surface area contributed by atoms with Crippen molar-refractivity contribution in [3.8, 4) is 5.75 Å². The fraction of sp³-hybridized carbons (Fsp3) is 0.500. The number of rotatable bonds is 4. The summed E-state index contributed by atoms with van der Waals surface area (Å²) in [5, 5.41) is 8.12. The Balaban J connectivity index is 1.78. The molecule has 5 heteroatoms. The first-order valence-electron chi connectivity index (χ1n) is 7.42. The van der Waals surface area contributed by atoms with E-state index in [1.165, 1.54) is 25.7 Å². The molecule has 1 aromatic rings. The monoisotopic (exact) mass is 305 g/mol. The van der Waals surface area contributed by atoms with E-state index in [1.54, 1.807) is 13.3 Å². The van der Waals surface area contributed by atoms with Crippen LogP contribution in [0.4, 0.5) is 0 Å². The van der Waals surface area contributed by atoms with Gasteiger partial charge >= 0.3 is 0 Å². The molecule has 1 saturated carbocycles. The zero-order chi connectivity index (χ0) is 15.1. The van der Waals surface area contributed by atoms with Gasteiger partial charge in [0.25, 0.3) is 0 Å². The minimum absolute atomic E-state index is 0.468. The topological polar surface area (TPSA) is 45.6 Å². The Morgan fingerprint density at radius 2 is 2.00 bits per heavy atom. The van der Waals surface area contributed by atoms with Gasteiger partial charge in [0.1, 0.15) is 5.75 Å². The van der Waals surface area contributed by atoms with Crippen molar-refractivity contribution in [1.29, 1.82) is 0 Å². The van der Waals surface area contributed by atoms with Gasteiger partial charge in [-0.25, -0.2) is 0 Å². The Labute approximate surface area is 132 Å². The Bertz CT molecular complexity index is 487. The van der Waals surface area contributed by atoms with Crippen LogP contribution in [0.2, 0.25) is 0 Å². The molecule has 0 radical (unpaired) electrons. The zero-order valence-corrected chi connectivity index (χ0v) is 13.5. The molecule has 1 aliphatic rings. The lowest BCUT2D eigenvalue weighted by Crippen LogP contribution is -2.44. The SMILES string of the molecule is COc1ccc(/C=N\NC(=S)N[C@@H]2CCCC[C@H]2C)cc1. The molecule has 21 heavy (non-hydrogen) atoms. The van der Waals surface area contributed by atoms with Crippen molar-refractivity contribution in [2.24, 2.45) is 11.0 Å². The second-order valence-corrected chi connectivity index (χ2v) is 5.89. The predicted octanol–water partition coefficient (Wildman–Crippen LogP) is 3.07.